The van der Waals surface area contributed by atoms with E-state index in [0.717, 1.165) is 23.2 Å². The fraction of sp³-hybridized carbons (Fsp3) is 0.333. The Labute approximate surface area is 170 Å². The number of anilines is 1. The smallest absolute Gasteiger partial charge is 0.291 e. The van der Waals surface area contributed by atoms with Gasteiger partial charge in [0, 0.05) is 16.6 Å². The molecule has 5 nitrogen and oxygen atoms in total. The number of nitrogens with one attached hydrogen (secondary N) is 1. The molecule has 5 heteroatoms. The Morgan fingerprint density at radius 1 is 1.17 bits per heavy atom. The van der Waals surface area contributed by atoms with E-state index in [0.29, 0.717) is 34.3 Å². The molecule has 0 saturated heterocycles. The number of rotatable bonds is 3. The molecule has 0 radical (unpaired) electrons. The van der Waals surface area contributed by atoms with Gasteiger partial charge in [-0.25, -0.2) is 0 Å². The Balaban J connectivity index is 1.76. The average Bonchev–Trinajstić information content (AvgIpc) is 3.00. The van der Waals surface area contributed by atoms with E-state index in [1.165, 1.54) is 0 Å². The summed E-state index contributed by atoms with van der Waals surface area (Å²) in [5, 5.41) is 3.58. The molecular formula is C24H25NO4. The molecule has 4 rings (SSSR count). The zero-order valence-corrected chi connectivity index (χ0v) is 17.4. The highest BCUT2D eigenvalue weighted by Gasteiger charge is 2.37. The van der Waals surface area contributed by atoms with Gasteiger partial charge in [-0.3, -0.25) is 9.59 Å². The number of carbonyl (C=O) groups excluding carboxylic acids is 2. The van der Waals surface area contributed by atoms with Gasteiger partial charge in [0.05, 0.1) is 12.0 Å². The van der Waals surface area contributed by atoms with Crippen molar-refractivity contribution in [3.63, 3.8) is 0 Å². The van der Waals surface area contributed by atoms with Gasteiger partial charge in [-0.05, 0) is 57.9 Å². The van der Waals surface area contributed by atoms with Crippen molar-refractivity contribution in [2.75, 3.05) is 5.32 Å². The highest BCUT2D eigenvalue weighted by molar-refractivity contribution is 6.14. The molecule has 0 bridgehead atoms. The minimum absolute atomic E-state index is 0.0198. The summed E-state index contributed by atoms with van der Waals surface area (Å²) < 4.78 is 12.0. The SMILES string of the molecule is CC[C@@]1(C)CC(=O)c2c(ccc3oc(C(=O)Nc4ccc(C)cc4C)c(C)c23)O1. The van der Waals surface area contributed by atoms with Crippen molar-refractivity contribution in [3.05, 3.63) is 58.3 Å². The second kappa shape index (κ2) is 6.76. The van der Waals surface area contributed by atoms with Crippen LogP contribution < -0.4 is 10.1 Å². The standard InChI is InChI=1S/C24H25NO4/c1-6-24(5)12-17(26)21-19(29-24)10-9-18-20(21)15(4)22(28-18)23(27)25-16-8-7-13(2)11-14(16)3/h7-11H,6,12H2,1-5H3,(H,25,27)/t24-/m0/s1. The van der Waals surface area contributed by atoms with Gasteiger partial charge in [-0.2, -0.15) is 0 Å². The average molecular weight is 391 g/mol. The van der Waals surface area contributed by atoms with Gasteiger partial charge in [0.2, 0.25) is 0 Å². The number of amides is 1. The zero-order valence-electron chi connectivity index (χ0n) is 17.4. The van der Waals surface area contributed by atoms with Gasteiger partial charge < -0.3 is 14.5 Å². The Hall–Kier alpha value is -3.08. The summed E-state index contributed by atoms with van der Waals surface area (Å²) in [4.78, 5) is 25.9. The first-order valence-electron chi connectivity index (χ1n) is 9.89. The van der Waals surface area contributed by atoms with Crippen LogP contribution in [0.25, 0.3) is 11.0 Å². The third-order valence-corrected chi connectivity index (χ3v) is 5.81. The molecule has 2 heterocycles. The van der Waals surface area contributed by atoms with E-state index in [4.69, 9.17) is 9.15 Å². The Morgan fingerprint density at radius 2 is 1.93 bits per heavy atom. The highest BCUT2D eigenvalue weighted by atomic mass is 16.5. The number of aryl methyl sites for hydroxylation is 3. The molecule has 1 aliphatic rings. The van der Waals surface area contributed by atoms with Crippen molar-refractivity contribution < 1.29 is 18.7 Å². The molecule has 0 spiro atoms. The maximum Gasteiger partial charge on any atom is 0.291 e. The predicted octanol–water partition coefficient (Wildman–Crippen LogP) is 5.74. The zero-order chi connectivity index (χ0) is 20.9. The van der Waals surface area contributed by atoms with E-state index in [1.807, 2.05) is 52.8 Å². The Kier molecular flexibility index (Phi) is 4.49. The summed E-state index contributed by atoms with van der Waals surface area (Å²) in [7, 11) is 0. The number of furan rings is 1. The first-order valence-corrected chi connectivity index (χ1v) is 9.89. The van der Waals surface area contributed by atoms with Crippen molar-refractivity contribution in [1.29, 1.82) is 0 Å². The number of hydrogen-bond acceptors (Lipinski definition) is 4. The lowest BCUT2D eigenvalue weighted by molar-refractivity contribution is 0.0503. The molecule has 1 amide bonds. The molecule has 0 saturated carbocycles. The monoisotopic (exact) mass is 391 g/mol. The number of Topliss-reactive ketones (excluding diaryl/α,β-unsaturated/α-hetero) is 1. The van der Waals surface area contributed by atoms with E-state index in [-0.39, 0.29) is 17.5 Å². The maximum absolute atomic E-state index is 13.0. The summed E-state index contributed by atoms with van der Waals surface area (Å²) in [5.74, 6) is 0.460. The first-order chi connectivity index (χ1) is 13.7. The van der Waals surface area contributed by atoms with E-state index >= 15 is 0 Å². The molecule has 0 aliphatic carbocycles. The number of fused-ring (bicyclic) bond motifs is 3. The third kappa shape index (κ3) is 3.20. The highest BCUT2D eigenvalue weighted by Crippen LogP contribution is 2.41. The van der Waals surface area contributed by atoms with Crippen molar-refractivity contribution >= 4 is 28.3 Å². The summed E-state index contributed by atoms with van der Waals surface area (Å²) in [6.45, 7) is 9.72. The van der Waals surface area contributed by atoms with E-state index in [1.54, 1.807) is 12.1 Å². The Bertz CT molecular complexity index is 1160. The summed E-state index contributed by atoms with van der Waals surface area (Å²) in [6.07, 6.45) is 1.05. The van der Waals surface area contributed by atoms with Crippen molar-refractivity contribution in [2.24, 2.45) is 0 Å². The molecule has 1 N–H and O–H groups in total. The van der Waals surface area contributed by atoms with Gasteiger partial charge in [-0.1, -0.05) is 24.6 Å². The van der Waals surface area contributed by atoms with Crippen LogP contribution in [0.3, 0.4) is 0 Å². The summed E-state index contributed by atoms with van der Waals surface area (Å²) in [5.41, 5.74) is 4.02. The quantitative estimate of drug-likeness (QED) is 0.618. The van der Waals surface area contributed by atoms with Crippen LogP contribution in [-0.2, 0) is 0 Å². The van der Waals surface area contributed by atoms with Crippen LogP contribution in [0.4, 0.5) is 5.69 Å². The molecule has 1 aromatic heterocycles. The van der Waals surface area contributed by atoms with Gasteiger partial charge in [-0.15, -0.1) is 0 Å². The molecule has 1 aliphatic heterocycles. The lowest BCUT2D eigenvalue weighted by Gasteiger charge is -2.34. The molecule has 0 unspecified atom stereocenters. The van der Waals surface area contributed by atoms with E-state index in [2.05, 4.69) is 5.32 Å². The second-order valence-corrected chi connectivity index (χ2v) is 8.15. The number of hydrogen-bond donors (Lipinski definition) is 1. The molecule has 3 aromatic rings. The second-order valence-electron chi connectivity index (χ2n) is 8.15. The number of benzene rings is 2. The van der Waals surface area contributed by atoms with Gasteiger partial charge >= 0.3 is 0 Å². The van der Waals surface area contributed by atoms with Crippen molar-refractivity contribution in [1.82, 2.24) is 0 Å². The van der Waals surface area contributed by atoms with E-state index in [9.17, 15) is 9.59 Å². The lowest BCUT2D eigenvalue weighted by Crippen LogP contribution is -2.38. The van der Waals surface area contributed by atoms with Gasteiger partial charge in [0.25, 0.3) is 5.91 Å². The molecular weight excluding hydrogens is 366 g/mol. The number of ketones is 1. The number of carbonyl (C=O) groups is 2. The molecule has 2 aromatic carbocycles. The minimum Gasteiger partial charge on any atom is -0.486 e. The molecule has 0 fully saturated rings. The van der Waals surface area contributed by atoms with Gasteiger partial charge in [0.1, 0.15) is 16.9 Å². The fourth-order valence-corrected chi connectivity index (χ4v) is 3.96. The maximum atomic E-state index is 13.0. The lowest BCUT2D eigenvalue weighted by atomic mass is 9.87. The van der Waals surface area contributed by atoms with Crippen LogP contribution in [0.15, 0.2) is 34.7 Å². The van der Waals surface area contributed by atoms with Gasteiger partial charge in [0.15, 0.2) is 11.5 Å². The number of ether oxygens (including phenoxy) is 1. The minimum atomic E-state index is -0.501. The van der Waals surface area contributed by atoms with Crippen LogP contribution in [0.5, 0.6) is 5.75 Å². The topological polar surface area (TPSA) is 68.5 Å². The van der Waals surface area contributed by atoms with E-state index < -0.39 is 5.60 Å². The Morgan fingerprint density at radius 3 is 2.62 bits per heavy atom. The van der Waals surface area contributed by atoms with Crippen LogP contribution in [-0.4, -0.2) is 17.3 Å². The van der Waals surface area contributed by atoms with Crippen LogP contribution in [0.1, 0.15) is 64.3 Å². The first kappa shape index (κ1) is 19.2. The normalized spacial score (nSPS) is 18.4. The summed E-state index contributed by atoms with van der Waals surface area (Å²) in [6, 6.07) is 9.37. The molecule has 1 atom stereocenters. The van der Waals surface area contributed by atoms with Crippen LogP contribution in [0, 0.1) is 20.8 Å². The molecule has 150 valence electrons. The van der Waals surface area contributed by atoms with Crippen LogP contribution in [0.2, 0.25) is 0 Å². The van der Waals surface area contributed by atoms with Crippen molar-refractivity contribution in [2.45, 2.75) is 53.1 Å². The van der Waals surface area contributed by atoms with Crippen LogP contribution >= 0.6 is 0 Å². The summed E-state index contributed by atoms with van der Waals surface area (Å²) >= 11 is 0. The predicted molar refractivity (Wildman–Crippen MR) is 113 cm³/mol. The third-order valence-electron chi connectivity index (χ3n) is 5.81. The van der Waals surface area contributed by atoms with Crippen molar-refractivity contribution in [3.8, 4) is 5.75 Å². The largest absolute Gasteiger partial charge is 0.486 e. The fourth-order valence-electron chi connectivity index (χ4n) is 3.96. The molecule has 29 heavy (non-hydrogen) atoms.